The largest absolute Gasteiger partial charge is 0.494 e. The first-order valence-corrected chi connectivity index (χ1v) is 20.3. The lowest BCUT2D eigenvalue weighted by atomic mass is 9.92. The second kappa shape index (κ2) is 15.3. The van der Waals surface area contributed by atoms with Crippen LogP contribution in [0.15, 0.2) is 212 Å². The average Bonchev–Trinajstić information content (AvgIpc) is 3.74. The fourth-order valence-corrected chi connectivity index (χ4v) is 9.13. The van der Waals surface area contributed by atoms with E-state index in [0.717, 1.165) is 65.9 Å². The van der Waals surface area contributed by atoms with Gasteiger partial charge in [-0.2, -0.15) is 0 Å². The van der Waals surface area contributed by atoms with Gasteiger partial charge in [0.05, 0.1) is 17.3 Å². The molecular weight excluding hydrogens is 725 g/mol. The van der Waals surface area contributed by atoms with Gasteiger partial charge in [-0.3, -0.25) is 0 Å². The topological polar surface area (TPSA) is 25.4 Å². The van der Waals surface area contributed by atoms with Crippen LogP contribution in [0, 0.1) is 0 Å². The molecule has 0 aliphatic rings. The predicted octanol–water partition coefficient (Wildman–Crippen LogP) is 15.3. The van der Waals surface area contributed by atoms with Crippen LogP contribution in [0.25, 0.3) is 76.1 Å². The molecule has 0 unspecified atom stereocenters. The predicted molar refractivity (Wildman–Crippen MR) is 246 cm³/mol. The van der Waals surface area contributed by atoms with Gasteiger partial charge in [-0.15, -0.1) is 11.3 Å². The van der Waals surface area contributed by atoms with E-state index >= 15 is 0 Å². The Hall–Kier alpha value is -7.27. The molecule has 3 nitrogen and oxygen atoms in total. The molecule has 0 bridgehead atoms. The van der Waals surface area contributed by atoms with Gasteiger partial charge in [-0.25, -0.2) is 4.98 Å². The minimum Gasteiger partial charge on any atom is -0.494 e. The smallest absolute Gasteiger partial charge is 0.152 e. The summed E-state index contributed by atoms with van der Waals surface area (Å²) >= 11 is 1.70. The summed E-state index contributed by atoms with van der Waals surface area (Å²) in [6.07, 6.45) is 0. The van der Waals surface area contributed by atoms with Crippen molar-refractivity contribution < 1.29 is 4.74 Å². The third kappa shape index (κ3) is 6.50. The molecule has 0 N–H and O–H groups in total. The zero-order valence-corrected chi connectivity index (χ0v) is 32.7. The summed E-state index contributed by atoms with van der Waals surface area (Å²) in [5.74, 6) is 0.789. The lowest BCUT2D eigenvalue weighted by molar-refractivity contribution is 0.418. The highest BCUT2D eigenvalue weighted by Crippen LogP contribution is 2.52. The highest BCUT2D eigenvalue weighted by Gasteiger charge is 2.27. The second-order valence-corrected chi connectivity index (χ2v) is 15.3. The molecule has 0 aliphatic carbocycles. The molecule has 0 saturated heterocycles. The van der Waals surface area contributed by atoms with E-state index in [0.29, 0.717) is 0 Å². The van der Waals surface area contributed by atoms with Crippen molar-refractivity contribution in [1.82, 2.24) is 4.98 Å². The van der Waals surface area contributed by atoms with Gasteiger partial charge in [0.25, 0.3) is 0 Å². The fourth-order valence-electron chi connectivity index (χ4n) is 8.05. The molecule has 9 aromatic carbocycles. The zero-order chi connectivity index (χ0) is 38.8. The standard InChI is InChI=1S/C54H38N2OS/c1-57-52-49(40-21-10-4-11-22-40)36-50-53(58-54(55-50)41-23-12-5-13-24-41)51(52)56(43-31-29-38(30-32-43)37-17-6-2-7-18-37)44-26-16-25-42(35-44)46-34-33-45(39-19-8-3-9-20-39)47-27-14-15-28-48(46)47/h2-36H,1H3. The van der Waals surface area contributed by atoms with Crippen LogP contribution in [0.3, 0.4) is 0 Å². The molecule has 0 spiro atoms. The Morgan fingerprint density at radius 1 is 0.414 bits per heavy atom. The van der Waals surface area contributed by atoms with Gasteiger partial charge in [0.15, 0.2) is 5.75 Å². The minimum absolute atomic E-state index is 0.789. The number of hydrogen-bond acceptors (Lipinski definition) is 4. The molecule has 0 atom stereocenters. The van der Waals surface area contributed by atoms with Crippen molar-refractivity contribution in [2.24, 2.45) is 0 Å². The lowest BCUT2D eigenvalue weighted by Gasteiger charge is -2.29. The summed E-state index contributed by atoms with van der Waals surface area (Å²) in [5, 5.41) is 3.39. The summed E-state index contributed by atoms with van der Waals surface area (Å²) in [4.78, 5) is 7.66. The Labute approximate surface area is 342 Å². The summed E-state index contributed by atoms with van der Waals surface area (Å²) in [6.45, 7) is 0. The minimum atomic E-state index is 0.789. The molecule has 10 aromatic rings. The van der Waals surface area contributed by atoms with Gasteiger partial charge in [-0.05, 0) is 80.0 Å². The van der Waals surface area contributed by atoms with Gasteiger partial charge < -0.3 is 9.64 Å². The Morgan fingerprint density at radius 3 is 1.52 bits per heavy atom. The number of nitrogens with zero attached hydrogens (tertiary/aromatic N) is 2. The molecule has 0 saturated carbocycles. The average molecular weight is 763 g/mol. The van der Waals surface area contributed by atoms with E-state index in [2.05, 4.69) is 205 Å². The number of hydrogen-bond donors (Lipinski definition) is 0. The molecule has 1 aromatic heterocycles. The van der Waals surface area contributed by atoms with E-state index in [9.17, 15) is 0 Å². The van der Waals surface area contributed by atoms with Crippen molar-refractivity contribution in [3.8, 4) is 60.8 Å². The fraction of sp³-hybridized carbons (Fsp3) is 0.0185. The maximum absolute atomic E-state index is 6.54. The number of fused-ring (bicyclic) bond motifs is 2. The lowest BCUT2D eigenvalue weighted by Crippen LogP contribution is -2.12. The zero-order valence-electron chi connectivity index (χ0n) is 31.9. The van der Waals surface area contributed by atoms with Crippen LogP contribution in [0.4, 0.5) is 17.1 Å². The van der Waals surface area contributed by atoms with Crippen molar-refractivity contribution in [1.29, 1.82) is 0 Å². The molecule has 0 fully saturated rings. The van der Waals surface area contributed by atoms with Crippen LogP contribution in [-0.2, 0) is 0 Å². The first-order chi connectivity index (χ1) is 28.7. The molecule has 1 heterocycles. The molecule has 276 valence electrons. The van der Waals surface area contributed by atoms with Crippen LogP contribution in [0.2, 0.25) is 0 Å². The third-order valence-corrected chi connectivity index (χ3v) is 11.9. The van der Waals surface area contributed by atoms with Crippen LogP contribution < -0.4 is 9.64 Å². The molecule has 4 heteroatoms. The van der Waals surface area contributed by atoms with Gasteiger partial charge in [0.2, 0.25) is 0 Å². The van der Waals surface area contributed by atoms with E-state index in [-0.39, 0.29) is 0 Å². The number of ether oxygens (including phenoxy) is 1. The summed E-state index contributed by atoms with van der Waals surface area (Å²) in [7, 11) is 1.78. The van der Waals surface area contributed by atoms with E-state index in [1.165, 1.54) is 33.0 Å². The van der Waals surface area contributed by atoms with Crippen molar-refractivity contribution in [3.63, 3.8) is 0 Å². The van der Waals surface area contributed by atoms with Crippen molar-refractivity contribution in [3.05, 3.63) is 212 Å². The summed E-state index contributed by atoms with van der Waals surface area (Å²) in [6, 6.07) is 75.3. The van der Waals surface area contributed by atoms with Gasteiger partial charge in [0.1, 0.15) is 10.7 Å². The van der Waals surface area contributed by atoms with Crippen molar-refractivity contribution in [2.45, 2.75) is 0 Å². The van der Waals surface area contributed by atoms with Crippen LogP contribution >= 0.6 is 11.3 Å². The number of aromatic nitrogens is 1. The number of thiazole rings is 1. The van der Waals surface area contributed by atoms with Gasteiger partial charge in [-0.1, -0.05) is 182 Å². The van der Waals surface area contributed by atoms with Crippen molar-refractivity contribution in [2.75, 3.05) is 12.0 Å². The number of anilines is 3. The van der Waals surface area contributed by atoms with Gasteiger partial charge in [0, 0.05) is 22.5 Å². The van der Waals surface area contributed by atoms with Crippen LogP contribution in [0.5, 0.6) is 5.75 Å². The first kappa shape index (κ1) is 35.2. The quantitative estimate of drug-likeness (QED) is 0.146. The third-order valence-electron chi connectivity index (χ3n) is 10.8. The Morgan fingerprint density at radius 2 is 0.914 bits per heavy atom. The highest BCUT2D eigenvalue weighted by atomic mass is 32.1. The number of rotatable bonds is 9. The maximum Gasteiger partial charge on any atom is 0.152 e. The maximum atomic E-state index is 6.54. The Bertz CT molecular complexity index is 3020. The van der Waals surface area contributed by atoms with Gasteiger partial charge >= 0.3 is 0 Å². The first-order valence-electron chi connectivity index (χ1n) is 19.5. The highest BCUT2D eigenvalue weighted by molar-refractivity contribution is 7.22. The van der Waals surface area contributed by atoms with E-state index in [1.54, 1.807) is 18.4 Å². The van der Waals surface area contributed by atoms with E-state index < -0.39 is 0 Å². The summed E-state index contributed by atoms with van der Waals surface area (Å²) < 4.78 is 7.58. The van der Waals surface area contributed by atoms with Crippen LogP contribution in [0.1, 0.15) is 0 Å². The Kier molecular flexibility index (Phi) is 9.30. The molecular formula is C54H38N2OS. The Balaban J connectivity index is 1.22. The SMILES string of the molecule is COc1c(-c2ccccc2)cc2nc(-c3ccccc3)sc2c1N(c1ccc(-c2ccccc2)cc1)c1cccc(-c2ccc(-c3ccccc3)c3ccccc23)c1. The van der Waals surface area contributed by atoms with E-state index in [1.807, 2.05) is 12.1 Å². The molecule has 0 amide bonds. The van der Waals surface area contributed by atoms with Crippen LogP contribution in [-0.4, -0.2) is 12.1 Å². The normalized spacial score (nSPS) is 11.2. The second-order valence-electron chi connectivity index (χ2n) is 14.3. The molecule has 10 rings (SSSR count). The van der Waals surface area contributed by atoms with E-state index in [4.69, 9.17) is 9.72 Å². The van der Waals surface area contributed by atoms with Crippen molar-refractivity contribution >= 4 is 49.4 Å². The molecule has 58 heavy (non-hydrogen) atoms. The number of benzene rings is 9. The summed E-state index contributed by atoms with van der Waals surface area (Å²) in [5.41, 5.74) is 14.1. The molecule has 0 radical (unpaired) electrons. The monoisotopic (exact) mass is 762 g/mol. The number of methoxy groups -OCH3 is 1. The molecule has 0 aliphatic heterocycles.